The molecule has 21 heavy (non-hydrogen) atoms. The van der Waals surface area contributed by atoms with Crippen LogP contribution in [0.5, 0.6) is 0 Å². The number of H-pyrrole nitrogens is 1. The molecule has 112 valence electrons. The molecule has 2 heterocycles. The summed E-state index contributed by atoms with van der Waals surface area (Å²) in [4.78, 5) is 7.40. The molecule has 0 saturated carbocycles. The molecule has 3 N–H and O–H groups in total. The maximum Gasteiger partial charge on any atom is 0.257 e. The van der Waals surface area contributed by atoms with Gasteiger partial charge >= 0.3 is 0 Å². The summed E-state index contributed by atoms with van der Waals surface area (Å²) in [5.74, 6) is 6.29. The fourth-order valence-corrected chi connectivity index (χ4v) is 3.40. The minimum atomic E-state index is -3.61. The Kier molecular flexibility index (Phi) is 5.14. The van der Waals surface area contributed by atoms with E-state index >= 15 is 0 Å². The van der Waals surface area contributed by atoms with Crippen molar-refractivity contribution in [2.45, 2.75) is 24.9 Å². The lowest BCUT2D eigenvalue weighted by Crippen LogP contribution is -2.23. The van der Waals surface area contributed by atoms with Gasteiger partial charge in [0.2, 0.25) is 0 Å². The summed E-state index contributed by atoms with van der Waals surface area (Å²) in [6.45, 7) is 1.87. The fraction of sp³-hybridized carbons (Fsp3) is 0.308. The maximum absolute atomic E-state index is 12.1. The summed E-state index contributed by atoms with van der Waals surface area (Å²) in [5.41, 5.74) is 0.775. The molecule has 0 fully saturated rings. The van der Waals surface area contributed by atoms with Crippen LogP contribution >= 0.6 is 11.3 Å². The Morgan fingerprint density at radius 1 is 1.52 bits per heavy atom. The molecule has 0 aliphatic carbocycles. The van der Waals surface area contributed by atoms with Crippen LogP contribution in [0.1, 0.15) is 22.7 Å². The number of hydrogen-bond donors (Lipinski definition) is 3. The Labute approximate surface area is 127 Å². The van der Waals surface area contributed by atoms with Crippen molar-refractivity contribution in [2.24, 2.45) is 0 Å². The fourth-order valence-electron chi connectivity index (χ4n) is 1.58. The molecule has 0 aliphatic heterocycles. The van der Waals surface area contributed by atoms with Crippen LogP contribution in [0, 0.1) is 18.8 Å². The van der Waals surface area contributed by atoms with E-state index in [1.807, 2.05) is 11.4 Å². The van der Waals surface area contributed by atoms with Gasteiger partial charge in [-0.2, -0.15) is 0 Å². The van der Waals surface area contributed by atoms with Crippen molar-refractivity contribution in [2.75, 3.05) is 6.61 Å². The topological polar surface area (TPSA) is 95.1 Å². The standard InChI is InChI=1S/C13H15N3O3S2/c1-10-14-9-13(16-10)21(18,19)15-8-12-11(5-7-20-12)4-2-3-6-17/h5,7,9,15,17H,3,6,8H2,1H3,(H,14,16). The number of nitrogens with zero attached hydrogens (tertiary/aromatic N) is 1. The molecule has 2 aromatic rings. The molecule has 2 aromatic heterocycles. The van der Waals surface area contributed by atoms with E-state index < -0.39 is 10.0 Å². The van der Waals surface area contributed by atoms with Gasteiger partial charge in [0.1, 0.15) is 5.82 Å². The summed E-state index contributed by atoms with van der Waals surface area (Å²) >= 11 is 1.43. The molecule has 0 amide bonds. The molecule has 0 aromatic carbocycles. The van der Waals surface area contributed by atoms with E-state index in [4.69, 9.17) is 5.11 Å². The van der Waals surface area contributed by atoms with Crippen LogP contribution < -0.4 is 4.72 Å². The number of hydrogen-bond acceptors (Lipinski definition) is 5. The van der Waals surface area contributed by atoms with E-state index in [0.717, 1.165) is 10.4 Å². The highest BCUT2D eigenvalue weighted by Gasteiger charge is 2.17. The van der Waals surface area contributed by atoms with E-state index in [1.165, 1.54) is 17.5 Å². The third-order valence-electron chi connectivity index (χ3n) is 2.60. The lowest BCUT2D eigenvalue weighted by atomic mass is 10.2. The first kappa shape index (κ1) is 15.7. The highest BCUT2D eigenvalue weighted by atomic mass is 32.2. The van der Waals surface area contributed by atoms with Gasteiger partial charge in [-0.15, -0.1) is 11.3 Å². The molecule has 0 spiro atoms. The summed E-state index contributed by atoms with van der Waals surface area (Å²) in [5, 5.41) is 10.6. The summed E-state index contributed by atoms with van der Waals surface area (Å²) in [7, 11) is -3.61. The van der Waals surface area contributed by atoms with Crippen molar-refractivity contribution in [1.82, 2.24) is 14.7 Å². The van der Waals surface area contributed by atoms with Gasteiger partial charge in [-0.1, -0.05) is 11.8 Å². The average Bonchev–Trinajstić information content (AvgIpc) is 3.06. The van der Waals surface area contributed by atoms with Crippen molar-refractivity contribution in [1.29, 1.82) is 0 Å². The Balaban J connectivity index is 2.07. The van der Waals surface area contributed by atoms with E-state index in [0.29, 0.717) is 12.2 Å². The van der Waals surface area contributed by atoms with Crippen LogP contribution in [-0.4, -0.2) is 30.1 Å². The van der Waals surface area contributed by atoms with Crippen molar-refractivity contribution in [3.8, 4) is 11.8 Å². The monoisotopic (exact) mass is 325 g/mol. The molecule has 6 nitrogen and oxygen atoms in total. The number of aliphatic hydroxyl groups excluding tert-OH is 1. The second-order valence-corrected chi connectivity index (χ2v) is 6.93. The number of aliphatic hydroxyl groups is 1. The van der Waals surface area contributed by atoms with E-state index in [1.54, 1.807) is 6.92 Å². The first-order valence-electron chi connectivity index (χ1n) is 6.20. The molecule has 0 unspecified atom stereocenters. The van der Waals surface area contributed by atoms with Crippen LogP contribution in [0.3, 0.4) is 0 Å². The zero-order chi connectivity index (χ0) is 15.3. The number of aryl methyl sites for hydroxylation is 1. The van der Waals surface area contributed by atoms with Gasteiger partial charge in [0.25, 0.3) is 10.0 Å². The Bertz CT molecular complexity index is 766. The first-order chi connectivity index (χ1) is 10.0. The summed E-state index contributed by atoms with van der Waals surface area (Å²) in [6.07, 6.45) is 1.68. The number of imidazole rings is 1. The molecule has 0 saturated heterocycles. The minimum absolute atomic E-state index is 0.0122. The van der Waals surface area contributed by atoms with Gasteiger partial charge in [-0.3, -0.25) is 0 Å². The third-order valence-corrected chi connectivity index (χ3v) is 4.83. The van der Waals surface area contributed by atoms with E-state index in [2.05, 4.69) is 26.5 Å². The largest absolute Gasteiger partial charge is 0.395 e. The lowest BCUT2D eigenvalue weighted by molar-refractivity contribution is 0.305. The number of aromatic nitrogens is 2. The second-order valence-electron chi connectivity index (χ2n) is 4.19. The van der Waals surface area contributed by atoms with Gasteiger partial charge < -0.3 is 10.1 Å². The predicted octanol–water partition coefficient (Wildman–Crippen LogP) is 0.992. The number of nitrogens with one attached hydrogen (secondary N) is 2. The smallest absolute Gasteiger partial charge is 0.257 e. The Hall–Kier alpha value is -1.66. The summed E-state index contributed by atoms with van der Waals surface area (Å²) in [6, 6.07) is 1.83. The number of rotatable bonds is 5. The zero-order valence-electron chi connectivity index (χ0n) is 11.4. The highest BCUT2D eigenvalue weighted by molar-refractivity contribution is 7.89. The van der Waals surface area contributed by atoms with Gasteiger partial charge in [-0.25, -0.2) is 18.1 Å². The quantitative estimate of drug-likeness (QED) is 0.715. The van der Waals surface area contributed by atoms with Gasteiger partial charge in [0.15, 0.2) is 5.03 Å². The molecule has 0 radical (unpaired) electrons. The normalized spacial score (nSPS) is 11.1. The molecule has 2 rings (SSSR count). The Morgan fingerprint density at radius 2 is 2.33 bits per heavy atom. The molecule has 8 heteroatoms. The number of thiophene rings is 1. The predicted molar refractivity (Wildman–Crippen MR) is 80.3 cm³/mol. The van der Waals surface area contributed by atoms with Crippen LogP contribution in [-0.2, 0) is 16.6 Å². The SMILES string of the molecule is Cc1ncc(S(=O)(=O)NCc2sccc2C#CCCO)[nH]1. The van der Waals surface area contributed by atoms with Crippen molar-refractivity contribution in [3.05, 3.63) is 33.9 Å². The second kappa shape index (κ2) is 6.87. The molecular weight excluding hydrogens is 310 g/mol. The van der Waals surface area contributed by atoms with Gasteiger partial charge in [-0.05, 0) is 18.4 Å². The number of aromatic amines is 1. The van der Waals surface area contributed by atoms with Gasteiger partial charge in [0, 0.05) is 23.4 Å². The molecular formula is C13H15N3O3S2. The van der Waals surface area contributed by atoms with Crippen LogP contribution in [0.4, 0.5) is 0 Å². The van der Waals surface area contributed by atoms with Gasteiger partial charge in [0.05, 0.1) is 12.8 Å². The molecule has 0 aliphatic rings. The lowest BCUT2D eigenvalue weighted by Gasteiger charge is -2.03. The molecule has 0 bridgehead atoms. The Morgan fingerprint density at radius 3 is 3.00 bits per heavy atom. The van der Waals surface area contributed by atoms with Crippen LogP contribution in [0.25, 0.3) is 0 Å². The minimum Gasteiger partial charge on any atom is -0.395 e. The maximum atomic E-state index is 12.1. The third kappa shape index (κ3) is 4.15. The highest BCUT2D eigenvalue weighted by Crippen LogP contribution is 2.16. The zero-order valence-corrected chi connectivity index (χ0v) is 13.0. The van der Waals surface area contributed by atoms with Crippen LogP contribution in [0.2, 0.25) is 0 Å². The molecule has 0 atom stereocenters. The van der Waals surface area contributed by atoms with E-state index in [9.17, 15) is 8.42 Å². The van der Waals surface area contributed by atoms with Crippen molar-refractivity contribution < 1.29 is 13.5 Å². The van der Waals surface area contributed by atoms with Crippen molar-refractivity contribution in [3.63, 3.8) is 0 Å². The average molecular weight is 325 g/mol. The van der Waals surface area contributed by atoms with Crippen LogP contribution in [0.15, 0.2) is 22.7 Å². The first-order valence-corrected chi connectivity index (χ1v) is 8.56. The van der Waals surface area contributed by atoms with E-state index in [-0.39, 0.29) is 18.2 Å². The van der Waals surface area contributed by atoms with Crippen molar-refractivity contribution >= 4 is 21.4 Å². The summed E-state index contributed by atoms with van der Waals surface area (Å²) < 4.78 is 26.6. The number of sulfonamides is 1.